The van der Waals surface area contributed by atoms with Gasteiger partial charge in [0.05, 0.1) is 17.0 Å². The van der Waals surface area contributed by atoms with Gasteiger partial charge in [0.2, 0.25) is 5.95 Å². The second kappa shape index (κ2) is 6.49. The Labute approximate surface area is 139 Å². The van der Waals surface area contributed by atoms with E-state index in [2.05, 4.69) is 15.0 Å². The molecule has 2 aromatic rings. The lowest BCUT2D eigenvalue weighted by Gasteiger charge is -2.27. The summed E-state index contributed by atoms with van der Waals surface area (Å²) in [6.45, 7) is 4.70. The van der Waals surface area contributed by atoms with E-state index in [9.17, 15) is 0 Å². The Kier molecular flexibility index (Phi) is 4.22. The standard InChI is InChI=1S/C16H20N4O2S/c1-11-9-14(22-19-11)12-10-17-16(20-4-7-23-8-5-20)18-15(12)13-3-2-6-21-13/h9-10,13H,2-8H2,1H3/t13-/m0/s1. The molecule has 7 heteroatoms. The molecule has 23 heavy (non-hydrogen) atoms. The Morgan fingerprint density at radius 3 is 2.87 bits per heavy atom. The average Bonchev–Trinajstić information content (AvgIpc) is 3.27. The van der Waals surface area contributed by atoms with Crippen molar-refractivity contribution < 1.29 is 9.26 Å². The number of aryl methyl sites for hydroxylation is 1. The molecule has 4 heterocycles. The summed E-state index contributed by atoms with van der Waals surface area (Å²) >= 11 is 1.98. The Morgan fingerprint density at radius 2 is 2.17 bits per heavy atom. The smallest absolute Gasteiger partial charge is 0.225 e. The number of anilines is 1. The summed E-state index contributed by atoms with van der Waals surface area (Å²) in [5.41, 5.74) is 2.69. The largest absolute Gasteiger partial charge is 0.372 e. The molecule has 0 aromatic carbocycles. The SMILES string of the molecule is Cc1cc(-c2cnc(N3CCSCC3)nc2[C@@H]2CCCO2)on1. The molecule has 0 radical (unpaired) electrons. The van der Waals surface area contributed by atoms with Crippen LogP contribution in [0.4, 0.5) is 5.95 Å². The van der Waals surface area contributed by atoms with Gasteiger partial charge in [-0.1, -0.05) is 5.16 Å². The lowest BCUT2D eigenvalue weighted by atomic mass is 10.1. The van der Waals surface area contributed by atoms with Gasteiger partial charge in [-0.2, -0.15) is 11.8 Å². The molecule has 6 nitrogen and oxygen atoms in total. The van der Waals surface area contributed by atoms with E-state index >= 15 is 0 Å². The van der Waals surface area contributed by atoms with Crippen molar-refractivity contribution in [1.82, 2.24) is 15.1 Å². The first-order valence-electron chi connectivity index (χ1n) is 8.06. The molecule has 0 spiro atoms. The summed E-state index contributed by atoms with van der Waals surface area (Å²) in [5.74, 6) is 3.77. The van der Waals surface area contributed by atoms with Crippen molar-refractivity contribution in [2.45, 2.75) is 25.9 Å². The monoisotopic (exact) mass is 332 g/mol. The third-order valence-corrected chi connectivity index (χ3v) is 5.17. The third kappa shape index (κ3) is 3.07. The summed E-state index contributed by atoms with van der Waals surface area (Å²) in [4.78, 5) is 11.7. The molecule has 0 unspecified atom stereocenters. The van der Waals surface area contributed by atoms with Gasteiger partial charge >= 0.3 is 0 Å². The molecular weight excluding hydrogens is 312 g/mol. The van der Waals surface area contributed by atoms with Crippen LogP contribution in [0.15, 0.2) is 16.8 Å². The van der Waals surface area contributed by atoms with Crippen LogP contribution in [0.2, 0.25) is 0 Å². The van der Waals surface area contributed by atoms with Crippen molar-refractivity contribution in [3.63, 3.8) is 0 Å². The molecule has 2 aromatic heterocycles. The highest BCUT2D eigenvalue weighted by Gasteiger charge is 2.26. The molecule has 4 rings (SSSR count). The van der Waals surface area contributed by atoms with E-state index in [0.29, 0.717) is 5.76 Å². The minimum absolute atomic E-state index is 0.0244. The van der Waals surface area contributed by atoms with Crippen molar-refractivity contribution >= 4 is 17.7 Å². The maximum absolute atomic E-state index is 5.88. The van der Waals surface area contributed by atoms with Crippen molar-refractivity contribution in [1.29, 1.82) is 0 Å². The van der Waals surface area contributed by atoms with Gasteiger partial charge in [0, 0.05) is 43.5 Å². The Hall–Kier alpha value is -1.60. The number of nitrogens with zero attached hydrogens (tertiary/aromatic N) is 4. The van der Waals surface area contributed by atoms with Crippen LogP contribution in [0.5, 0.6) is 0 Å². The normalized spacial score (nSPS) is 21.8. The van der Waals surface area contributed by atoms with Crippen molar-refractivity contribution in [3.8, 4) is 11.3 Å². The maximum Gasteiger partial charge on any atom is 0.225 e. The quantitative estimate of drug-likeness (QED) is 0.856. The Balaban J connectivity index is 1.73. The maximum atomic E-state index is 5.88. The molecule has 0 saturated carbocycles. The van der Waals surface area contributed by atoms with Gasteiger partial charge in [0.1, 0.15) is 6.10 Å². The van der Waals surface area contributed by atoms with Crippen LogP contribution >= 0.6 is 11.8 Å². The summed E-state index contributed by atoms with van der Waals surface area (Å²) in [6, 6.07) is 1.92. The van der Waals surface area contributed by atoms with E-state index in [1.54, 1.807) is 0 Å². The lowest BCUT2D eigenvalue weighted by molar-refractivity contribution is 0.109. The van der Waals surface area contributed by atoms with Gasteiger partial charge in [-0.3, -0.25) is 0 Å². The zero-order valence-electron chi connectivity index (χ0n) is 13.2. The number of hydrogen-bond acceptors (Lipinski definition) is 7. The number of aromatic nitrogens is 3. The minimum Gasteiger partial charge on any atom is -0.372 e. The molecule has 2 aliphatic heterocycles. The van der Waals surface area contributed by atoms with E-state index in [-0.39, 0.29) is 6.10 Å². The van der Waals surface area contributed by atoms with Crippen molar-refractivity contribution in [2.75, 3.05) is 36.1 Å². The summed E-state index contributed by atoms with van der Waals surface area (Å²) < 4.78 is 11.3. The van der Waals surface area contributed by atoms with Crippen LogP contribution in [0, 0.1) is 6.92 Å². The molecular formula is C16H20N4O2S. The zero-order valence-corrected chi connectivity index (χ0v) is 14.0. The molecule has 0 bridgehead atoms. The fraction of sp³-hybridized carbons (Fsp3) is 0.562. The molecule has 1 atom stereocenters. The second-order valence-electron chi connectivity index (χ2n) is 5.90. The van der Waals surface area contributed by atoms with Gasteiger partial charge < -0.3 is 14.2 Å². The van der Waals surface area contributed by atoms with Gasteiger partial charge in [-0.05, 0) is 19.8 Å². The molecule has 0 amide bonds. The molecule has 0 aliphatic carbocycles. The predicted octanol–water partition coefficient (Wildman–Crippen LogP) is 2.84. The van der Waals surface area contributed by atoms with Crippen LogP contribution in [0.3, 0.4) is 0 Å². The third-order valence-electron chi connectivity index (χ3n) is 4.23. The van der Waals surface area contributed by atoms with Gasteiger partial charge in [-0.25, -0.2) is 9.97 Å². The fourth-order valence-electron chi connectivity index (χ4n) is 3.02. The highest BCUT2D eigenvalue weighted by atomic mass is 32.2. The minimum atomic E-state index is 0.0244. The van der Waals surface area contributed by atoms with Gasteiger partial charge in [-0.15, -0.1) is 0 Å². The van der Waals surface area contributed by atoms with Gasteiger partial charge in [0.15, 0.2) is 5.76 Å². The first kappa shape index (κ1) is 15.0. The van der Waals surface area contributed by atoms with Crippen LogP contribution in [0.25, 0.3) is 11.3 Å². The van der Waals surface area contributed by atoms with Crippen molar-refractivity contribution in [2.24, 2.45) is 0 Å². The number of hydrogen-bond donors (Lipinski definition) is 0. The van der Waals surface area contributed by atoms with Crippen LogP contribution < -0.4 is 4.90 Å². The second-order valence-corrected chi connectivity index (χ2v) is 7.13. The van der Waals surface area contributed by atoms with Crippen LogP contribution in [0.1, 0.15) is 30.3 Å². The van der Waals surface area contributed by atoms with E-state index in [0.717, 1.165) is 66.9 Å². The number of ether oxygens (including phenoxy) is 1. The molecule has 122 valence electrons. The molecule has 2 fully saturated rings. The fourth-order valence-corrected chi connectivity index (χ4v) is 3.92. The van der Waals surface area contributed by atoms with E-state index < -0.39 is 0 Å². The summed E-state index contributed by atoms with van der Waals surface area (Å²) in [5, 5.41) is 3.99. The number of rotatable bonds is 3. The Bertz CT molecular complexity index is 678. The number of thioether (sulfide) groups is 1. The van der Waals surface area contributed by atoms with Crippen molar-refractivity contribution in [3.05, 3.63) is 23.7 Å². The van der Waals surface area contributed by atoms with E-state index in [1.807, 2.05) is 30.9 Å². The van der Waals surface area contributed by atoms with E-state index in [4.69, 9.17) is 14.2 Å². The summed E-state index contributed by atoms with van der Waals surface area (Å²) in [6.07, 6.45) is 3.95. The molecule has 2 aliphatic rings. The first-order valence-corrected chi connectivity index (χ1v) is 9.21. The predicted molar refractivity (Wildman–Crippen MR) is 89.7 cm³/mol. The first-order chi connectivity index (χ1) is 11.3. The highest BCUT2D eigenvalue weighted by molar-refractivity contribution is 7.99. The van der Waals surface area contributed by atoms with Crippen LogP contribution in [-0.2, 0) is 4.74 Å². The molecule has 0 N–H and O–H groups in total. The molecule has 2 saturated heterocycles. The Morgan fingerprint density at radius 1 is 1.30 bits per heavy atom. The average molecular weight is 332 g/mol. The topological polar surface area (TPSA) is 64.3 Å². The highest BCUT2D eigenvalue weighted by Crippen LogP contribution is 2.35. The summed E-state index contributed by atoms with van der Waals surface area (Å²) in [7, 11) is 0. The van der Waals surface area contributed by atoms with E-state index in [1.165, 1.54) is 0 Å². The zero-order chi connectivity index (χ0) is 15.6. The van der Waals surface area contributed by atoms with Gasteiger partial charge in [0.25, 0.3) is 0 Å². The van der Waals surface area contributed by atoms with Crippen LogP contribution in [-0.4, -0.2) is 46.3 Å². The lowest BCUT2D eigenvalue weighted by Crippen LogP contribution is -2.34.